The monoisotopic (exact) mass is 349 g/mol. The average Bonchev–Trinajstić information content (AvgIpc) is 2.67. The van der Waals surface area contributed by atoms with Gasteiger partial charge in [-0.1, -0.05) is 13.0 Å². The molecule has 1 fully saturated rings. The number of rotatable bonds is 7. The fourth-order valence-corrected chi connectivity index (χ4v) is 3.05. The first-order valence-corrected chi connectivity index (χ1v) is 8.36. The van der Waals surface area contributed by atoms with E-state index in [1.807, 2.05) is 17.9 Å². The molecule has 0 aliphatic carbocycles. The van der Waals surface area contributed by atoms with Crippen molar-refractivity contribution in [2.75, 3.05) is 47.6 Å². The topological polar surface area (TPSA) is 57.2 Å². The highest BCUT2D eigenvalue weighted by Crippen LogP contribution is 2.41. The number of hydrogen-bond acceptors (Lipinski definition) is 5. The number of benzene rings is 1. The minimum absolute atomic E-state index is 0.0428. The molecule has 0 saturated carbocycles. The Morgan fingerprint density at radius 2 is 1.68 bits per heavy atom. The van der Waals surface area contributed by atoms with Gasteiger partial charge in [0.15, 0.2) is 11.5 Å². The summed E-state index contributed by atoms with van der Waals surface area (Å²) in [5, 5.41) is 0. The molecule has 0 radical (unpaired) electrons. The van der Waals surface area contributed by atoms with Gasteiger partial charge in [-0.15, -0.1) is 6.58 Å². The minimum atomic E-state index is -0.412. The molecule has 1 aliphatic heterocycles. The van der Waals surface area contributed by atoms with Crippen molar-refractivity contribution in [3.8, 4) is 17.2 Å². The fourth-order valence-electron chi connectivity index (χ4n) is 3.05. The number of carbonyl (C=O) groups excluding carboxylic acids is 1. The number of ether oxygens (including phenoxy) is 4. The van der Waals surface area contributed by atoms with Gasteiger partial charge < -0.3 is 23.8 Å². The molecule has 6 nitrogen and oxygen atoms in total. The Kier molecular flexibility index (Phi) is 6.70. The Bertz CT molecular complexity index is 610. The second-order valence-corrected chi connectivity index (χ2v) is 5.96. The maximum atomic E-state index is 13.2. The fraction of sp³-hybridized carbons (Fsp3) is 0.526. The molecular formula is C19H27NO5. The van der Waals surface area contributed by atoms with E-state index in [4.69, 9.17) is 18.9 Å². The van der Waals surface area contributed by atoms with Gasteiger partial charge in [-0.05, 0) is 12.0 Å². The summed E-state index contributed by atoms with van der Waals surface area (Å²) in [6.45, 7) is 8.16. The van der Waals surface area contributed by atoms with Crippen LogP contribution in [0, 0.1) is 5.92 Å². The van der Waals surface area contributed by atoms with Crippen LogP contribution in [0.5, 0.6) is 17.2 Å². The molecule has 2 atom stereocenters. The first-order valence-electron chi connectivity index (χ1n) is 8.36. The number of methoxy groups -OCH3 is 3. The second kappa shape index (κ2) is 8.76. The molecule has 0 N–H and O–H groups in total. The molecule has 0 unspecified atom stereocenters. The third-order valence-electron chi connectivity index (χ3n) is 4.56. The Balaban J connectivity index is 2.49. The minimum Gasteiger partial charge on any atom is -0.496 e. The summed E-state index contributed by atoms with van der Waals surface area (Å²) in [4.78, 5) is 15.1. The van der Waals surface area contributed by atoms with Crippen LogP contribution in [0.4, 0.5) is 0 Å². The van der Waals surface area contributed by atoms with Crippen LogP contribution in [0.25, 0.3) is 0 Å². The van der Waals surface area contributed by atoms with E-state index in [1.54, 1.807) is 33.5 Å². The number of amides is 1. The van der Waals surface area contributed by atoms with Crippen LogP contribution < -0.4 is 14.2 Å². The number of allylic oxidation sites excluding steroid dienone is 1. The highest BCUT2D eigenvalue weighted by molar-refractivity contribution is 5.85. The lowest BCUT2D eigenvalue weighted by Gasteiger charge is -2.33. The van der Waals surface area contributed by atoms with Crippen LogP contribution >= 0.6 is 0 Å². The van der Waals surface area contributed by atoms with Gasteiger partial charge >= 0.3 is 0 Å². The largest absolute Gasteiger partial charge is 0.496 e. The molecular weight excluding hydrogens is 322 g/mol. The van der Waals surface area contributed by atoms with Crippen molar-refractivity contribution in [3.05, 3.63) is 30.4 Å². The molecule has 138 valence electrons. The van der Waals surface area contributed by atoms with E-state index >= 15 is 0 Å². The van der Waals surface area contributed by atoms with Crippen molar-refractivity contribution in [2.24, 2.45) is 5.92 Å². The van der Waals surface area contributed by atoms with Crippen LogP contribution in [-0.2, 0) is 9.53 Å². The quantitative estimate of drug-likeness (QED) is 0.708. The molecule has 1 aliphatic rings. The molecule has 2 rings (SSSR count). The normalized spacial score (nSPS) is 16.7. The average molecular weight is 349 g/mol. The highest BCUT2D eigenvalue weighted by atomic mass is 16.5. The van der Waals surface area contributed by atoms with Gasteiger partial charge in [0.1, 0.15) is 5.75 Å². The third-order valence-corrected chi connectivity index (χ3v) is 4.56. The number of carbonyl (C=O) groups is 1. The van der Waals surface area contributed by atoms with Crippen LogP contribution in [0.3, 0.4) is 0 Å². The van der Waals surface area contributed by atoms with Crippen LogP contribution in [0.1, 0.15) is 18.4 Å². The van der Waals surface area contributed by atoms with E-state index in [1.165, 1.54) is 0 Å². The van der Waals surface area contributed by atoms with E-state index in [2.05, 4.69) is 6.58 Å². The Morgan fingerprint density at radius 1 is 1.12 bits per heavy atom. The molecule has 0 aromatic heterocycles. The van der Waals surface area contributed by atoms with Gasteiger partial charge in [-0.2, -0.15) is 0 Å². The molecule has 1 aromatic carbocycles. The zero-order valence-corrected chi connectivity index (χ0v) is 15.4. The highest BCUT2D eigenvalue weighted by Gasteiger charge is 2.33. The van der Waals surface area contributed by atoms with Crippen molar-refractivity contribution in [2.45, 2.75) is 12.8 Å². The summed E-state index contributed by atoms with van der Waals surface area (Å²) in [7, 11) is 4.73. The predicted octanol–water partition coefficient (Wildman–Crippen LogP) is 2.48. The SMILES string of the molecule is C=C[C@H](C)[C@H](C(=O)N1CCOCC1)c1cc(OC)c(OC)cc1OC. The van der Waals surface area contributed by atoms with Gasteiger partial charge in [0.2, 0.25) is 5.91 Å². The molecule has 25 heavy (non-hydrogen) atoms. The summed E-state index contributed by atoms with van der Waals surface area (Å²) in [6.07, 6.45) is 1.79. The van der Waals surface area contributed by atoms with Crippen molar-refractivity contribution in [1.29, 1.82) is 0 Å². The van der Waals surface area contributed by atoms with Gasteiger partial charge in [0.05, 0.1) is 40.5 Å². The lowest BCUT2D eigenvalue weighted by Crippen LogP contribution is -2.44. The van der Waals surface area contributed by atoms with E-state index in [0.717, 1.165) is 5.56 Å². The molecule has 1 saturated heterocycles. The van der Waals surface area contributed by atoms with Crippen LogP contribution in [-0.4, -0.2) is 58.4 Å². The van der Waals surface area contributed by atoms with E-state index in [9.17, 15) is 4.79 Å². The van der Waals surface area contributed by atoms with Gasteiger partial charge in [-0.25, -0.2) is 0 Å². The van der Waals surface area contributed by atoms with Crippen LogP contribution in [0.2, 0.25) is 0 Å². The number of nitrogens with zero attached hydrogens (tertiary/aromatic N) is 1. The van der Waals surface area contributed by atoms with Crippen LogP contribution in [0.15, 0.2) is 24.8 Å². The van der Waals surface area contributed by atoms with Gasteiger partial charge in [0.25, 0.3) is 0 Å². The molecule has 1 amide bonds. The van der Waals surface area contributed by atoms with E-state index < -0.39 is 5.92 Å². The van der Waals surface area contributed by atoms with E-state index in [0.29, 0.717) is 43.6 Å². The zero-order valence-electron chi connectivity index (χ0n) is 15.4. The first-order chi connectivity index (χ1) is 12.1. The smallest absolute Gasteiger partial charge is 0.231 e. The summed E-state index contributed by atoms with van der Waals surface area (Å²) < 4.78 is 21.6. The second-order valence-electron chi connectivity index (χ2n) is 5.96. The number of hydrogen-bond donors (Lipinski definition) is 0. The lowest BCUT2D eigenvalue weighted by atomic mass is 9.85. The molecule has 6 heteroatoms. The molecule has 1 aromatic rings. The first kappa shape index (κ1) is 19.1. The summed E-state index contributed by atoms with van der Waals surface area (Å²) >= 11 is 0. The van der Waals surface area contributed by atoms with E-state index in [-0.39, 0.29) is 11.8 Å². The van der Waals surface area contributed by atoms with Crippen molar-refractivity contribution in [3.63, 3.8) is 0 Å². The van der Waals surface area contributed by atoms with Crippen molar-refractivity contribution < 1.29 is 23.7 Å². The van der Waals surface area contributed by atoms with Crippen molar-refractivity contribution >= 4 is 5.91 Å². The molecule has 1 heterocycles. The lowest BCUT2D eigenvalue weighted by molar-refractivity contribution is -0.137. The predicted molar refractivity (Wildman–Crippen MR) is 95.6 cm³/mol. The number of morpholine rings is 1. The Hall–Kier alpha value is -2.21. The Labute approximate surface area is 149 Å². The molecule has 0 bridgehead atoms. The van der Waals surface area contributed by atoms with Crippen molar-refractivity contribution in [1.82, 2.24) is 4.90 Å². The summed E-state index contributed by atoms with van der Waals surface area (Å²) in [5.74, 6) is 1.29. The van der Waals surface area contributed by atoms with Gasteiger partial charge in [-0.3, -0.25) is 4.79 Å². The summed E-state index contributed by atoms with van der Waals surface area (Å²) in [5.41, 5.74) is 0.768. The molecule has 0 spiro atoms. The maximum absolute atomic E-state index is 13.2. The van der Waals surface area contributed by atoms with Gasteiger partial charge in [0, 0.05) is 24.7 Å². The maximum Gasteiger partial charge on any atom is 0.231 e. The Morgan fingerprint density at radius 3 is 2.20 bits per heavy atom. The summed E-state index contributed by atoms with van der Waals surface area (Å²) in [6, 6.07) is 3.57. The standard InChI is InChI=1S/C19H27NO5/c1-6-13(2)18(19(21)20-7-9-25-10-8-20)14-11-16(23-4)17(24-5)12-15(14)22-3/h6,11-13,18H,1,7-10H2,2-5H3/t13-,18-/m0/s1. The third kappa shape index (κ3) is 4.07. The zero-order chi connectivity index (χ0) is 18.4.